The van der Waals surface area contributed by atoms with Crippen molar-refractivity contribution in [2.75, 3.05) is 19.6 Å². The van der Waals surface area contributed by atoms with Gasteiger partial charge in [0.25, 0.3) is 0 Å². The number of benzene rings is 1. The van der Waals surface area contributed by atoms with Crippen molar-refractivity contribution in [3.05, 3.63) is 41.1 Å². The van der Waals surface area contributed by atoms with Gasteiger partial charge in [-0.1, -0.05) is 24.6 Å². The third-order valence-corrected chi connectivity index (χ3v) is 5.42. The topological polar surface area (TPSA) is 62.3 Å². The summed E-state index contributed by atoms with van der Waals surface area (Å²) >= 11 is 0. The standard InChI is InChI=1S/C22H29N3O2/c1-16-18-9-5-6-10-20(18)24-17(2)19(16)15-21(26)23-12-8-14-25-13-7-3-4-11-22(25)27/h5-6,9-10H,3-4,7-8,11-15H2,1-2H3,(H,23,26). The van der Waals surface area contributed by atoms with Gasteiger partial charge in [0.2, 0.25) is 11.8 Å². The Kier molecular flexibility index (Phi) is 6.43. The summed E-state index contributed by atoms with van der Waals surface area (Å²) < 4.78 is 0. The molecule has 5 nitrogen and oxygen atoms in total. The summed E-state index contributed by atoms with van der Waals surface area (Å²) in [5.74, 6) is 0.271. The number of nitrogens with zero attached hydrogens (tertiary/aromatic N) is 2. The van der Waals surface area contributed by atoms with Gasteiger partial charge in [0, 0.05) is 37.1 Å². The van der Waals surface area contributed by atoms with Gasteiger partial charge < -0.3 is 10.2 Å². The molecule has 2 aromatic rings. The molecule has 0 unspecified atom stereocenters. The van der Waals surface area contributed by atoms with E-state index in [-0.39, 0.29) is 11.8 Å². The lowest BCUT2D eigenvalue weighted by molar-refractivity contribution is -0.130. The van der Waals surface area contributed by atoms with Crippen LogP contribution in [0.2, 0.25) is 0 Å². The highest BCUT2D eigenvalue weighted by Gasteiger charge is 2.16. The van der Waals surface area contributed by atoms with Gasteiger partial charge in [-0.15, -0.1) is 0 Å². The van der Waals surface area contributed by atoms with Gasteiger partial charge in [0.1, 0.15) is 0 Å². The smallest absolute Gasteiger partial charge is 0.224 e. The quantitative estimate of drug-likeness (QED) is 0.797. The third-order valence-electron chi connectivity index (χ3n) is 5.42. The molecule has 27 heavy (non-hydrogen) atoms. The number of hydrogen-bond acceptors (Lipinski definition) is 3. The summed E-state index contributed by atoms with van der Waals surface area (Å²) in [6.45, 7) is 6.21. The number of fused-ring (bicyclic) bond motifs is 1. The first kappa shape index (κ1) is 19.3. The number of carbonyl (C=O) groups excluding carboxylic acids is 2. The second-order valence-corrected chi connectivity index (χ2v) is 7.39. The van der Waals surface area contributed by atoms with Gasteiger partial charge in [0.05, 0.1) is 11.9 Å². The predicted molar refractivity (Wildman–Crippen MR) is 108 cm³/mol. The van der Waals surface area contributed by atoms with Crippen LogP contribution >= 0.6 is 0 Å². The molecule has 1 aliphatic rings. The number of hydrogen-bond donors (Lipinski definition) is 1. The van der Waals surface area contributed by atoms with E-state index in [1.807, 2.05) is 30.0 Å². The van der Waals surface area contributed by atoms with Gasteiger partial charge in [0.15, 0.2) is 0 Å². The SMILES string of the molecule is Cc1nc2ccccc2c(C)c1CC(=O)NCCCN1CCCCCC1=O. The fourth-order valence-corrected chi connectivity index (χ4v) is 3.83. The van der Waals surface area contributed by atoms with Crippen LogP contribution in [0, 0.1) is 13.8 Å². The number of likely N-dealkylation sites (tertiary alicyclic amines) is 1. The molecule has 1 fully saturated rings. The second-order valence-electron chi connectivity index (χ2n) is 7.39. The monoisotopic (exact) mass is 367 g/mol. The van der Waals surface area contributed by atoms with Crippen molar-refractivity contribution in [2.45, 2.75) is 52.4 Å². The molecule has 1 aromatic heterocycles. The zero-order valence-electron chi connectivity index (χ0n) is 16.4. The number of aromatic nitrogens is 1. The lowest BCUT2D eigenvalue weighted by atomic mass is 9.99. The summed E-state index contributed by atoms with van der Waals surface area (Å²) in [5, 5.41) is 4.10. The molecule has 1 aromatic carbocycles. The van der Waals surface area contributed by atoms with Crippen LogP contribution in [0.15, 0.2) is 24.3 Å². The van der Waals surface area contributed by atoms with Gasteiger partial charge in [-0.05, 0) is 50.3 Å². The first-order valence-corrected chi connectivity index (χ1v) is 9.95. The number of carbonyl (C=O) groups is 2. The molecule has 5 heteroatoms. The van der Waals surface area contributed by atoms with Crippen LogP contribution in [-0.4, -0.2) is 41.3 Å². The number of para-hydroxylation sites is 1. The number of aryl methyl sites for hydroxylation is 2. The first-order valence-electron chi connectivity index (χ1n) is 9.95. The highest BCUT2D eigenvalue weighted by Crippen LogP contribution is 2.22. The van der Waals surface area contributed by atoms with Crippen LogP contribution < -0.4 is 5.32 Å². The fourth-order valence-electron chi connectivity index (χ4n) is 3.83. The van der Waals surface area contributed by atoms with Crippen LogP contribution in [-0.2, 0) is 16.0 Å². The Morgan fingerprint density at radius 1 is 1.19 bits per heavy atom. The fraction of sp³-hybridized carbons (Fsp3) is 0.500. The van der Waals surface area contributed by atoms with E-state index in [1.165, 1.54) is 0 Å². The van der Waals surface area contributed by atoms with Crippen molar-refractivity contribution in [3.63, 3.8) is 0 Å². The van der Waals surface area contributed by atoms with Crippen molar-refractivity contribution in [1.82, 2.24) is 15.2 Å². The average Bonchev–Trinajstić information content (AvgIpc) is 2.86. The van der Waals surface area contributed by atoms with E-state index in [1.54, 1.807) is 0 Å². The van der Waals surface area contributed by atoms with Crippen LogP contribution in [0.1, 0.15) is 48.9 Å². The summed E-state index contributed by atoms with van der Waals surface area (Å²) in [5.41, 5.74) is 4.02. The molecule has 0 radical (unpaired) electrons. The van der Waals surface area contributed by atoms with Crippen molar-refractivity contribution >= 4 is 22.7 Å². The van der Waals surface area contributed by atoms with E-state index >= 15 is 0 Å². The molecule has 1 saturated heterocycles. The minimum absolute atomic E-state index is 0.0143. The third kappa shape index (κ3) is 4.85. The molecule has 144 valence electrons. The number of nitrogens with one attached hydrogen (secondary N) is 1. The maximum absolute atomic E-state index is 12.4. The van der Waals surface area contributed by atoms with E-state index in [4.69, 9.17) is 0 Å². The average molecular weight is 367 g/mol. The summed E-state index contributed by atoms with van der Waals surface area (Å²) in [4.78, 5) is 31.0. The van der Waals surface area contributed by atoms with Gasteiger partial charge >= 0.3 is 0 Å². The molecule has 2 heterocycles. The maximum Gasteiger partial charge on any atom is 0.224 e. The Balaban J connectivity index is 1.52. The lowest BCUT2D eigenvalue weighted by Gasteiger charge is -2.20. The molecule has 0 saturated carbocycles. The molecule has 0 bridgehead atoms. The first-order chi connectivity index (χ1) is 13.1. The molecule has 3 rings (SSSR count). The molecular formula is C22H29N3O2. The van der Waals surface area contributed by atoms with E-state index in [9.17, 15) is 9.59 Å². The van der Waals surface area contributed by atoms with Gasteiger partial charge in [-0.3, -0.25) is 14.6 Å². The summed E-state index contributed by atoms with van der Waals surface area (Å²) in [6, 6.07) is 8.04. The highest BCUT2D eigenvalue weighted by atomic mass is 16.2. The largest absolute Gasteiger partial charge is 0.356 e. The normalized spacial score (nSPS) is 15.0. The summed E-state index contributed by atoms with van der Waals surface area (Å²) in [7, 11) is 0. The number of rotatable bonds is 6. The van der Waals surface area contributed by atoms with Crippen molar-refractivity contribution in [2.24, 2.45) is 0 Å². The van der Waals surface area contributed by atoms with E-state index in [2.05, 4.69) is 23.3 Å². The minimum Gasteiger partial charge on any atom is -0.356 e. The molecule has 0 spiro atoms. The van der Waals surface area contributed by atoms with Crippen LogP contribution in [0.3, 0.4) is 0 Å². The van der Waals surface area contributed by atoms with Crippen LogP contribution in [0.5, 0.6) is 0 Å². The molecule has 2 amide bonds. The van der Waals surface area contributed by atoms with Crippen molar-refractivity contribution < 1.29 is 9.59 Å². The van der Waals surface area contributed by atoms with Crippen molar-refractivity contribution in [3.8, 4) is 0 Å². The molecule has 0 atom stereocenters. The Hall–Kier alpha value is -2.43. The lowest BCUT2D eigenvalue weighted by Crippen LogP contribution is -2.34. The zero-order valence-corrected chi connectivity index (χ0v) is 16.4. The molecule has 0 aliphatic carbocycles. The van der Waals surface area contributed by atoms with Gasteiger partial charge in [-0.25, -0.2) is 0 Å². The van der Waals surface area contributed by atoms with Crippen LogP contribution in [0.4, 0.5) is 0 Å². The zero-order chi connectivity index (χ0) is 19.2. The highest BCUT2D eigenvalue weighted by molar-refractivity contribution is 5.86. The number of pyridine rings is 1. The molecule has 1 N–H and O–H groups in total. The second kappa shape index (κ2) is 8.98. The Morgan fingerprint density at radius 3 is 2.85 bits per heavy atom. The predicted octanol–water partition coefficient (Wildman–Crippen LogP) is 3.30. The summed E-state index contributed by atoms with van der Waals surface area (Å²) in [6.07, 6.45) is 5.04. The molecular weight excluding hydrogens is 338 g/mol. The maximum atomic E-state index is 12.4. The molecule has 1 aliphatic heterocycles. The Morgan fingerprint density at radius 2 is 2.00 bits per heavy atom. The Labute approximate surface area is 161 Å². The van der Waals surface area contributed by atoms with Crippen LogP contribution in [0.25, 0.3) is 10.9 Å². The van der Waals surface area contributed by atoms with Gasteiger partial charge in [-0.2, -0.15) is 0 Å². The van der Waals surface area contributed by atoms with Crippen molar-refractivity contribution in [1.29, 1.82) is 0 Å². The number of amides is 2. The minimum atomic E-state index is 0.0143. The van der Waals surface area contributed by atoms with E-state index in [0.717, 1.165) is 66.5 Å². The Bertz CT molecular complexity index is 832. The van der Waals surface area contributed by atoms with E-state index in [0.29, 0.717) is 19.4 Å². The van der Waals surface area contributed by atoms with E-state index < -0.39 is 0 Å².